The van der Waals surface area contributed by atoms with Crippen molar-refractivity contribution < 1.29 is 9.47 Å². The molecule has 0 aliphatic rings. The van der Waals surface area contributed by atoms with Crippen LogP contribution in [-0.2, 0) is 13.0 Å². The Morgan fingerprint density at radius 3 is 2.45 bits per heavy atom. The number of ether oxygens (including phenoxy) is 2. The Hall–Kier alpha value is -1.96. The van der Waals surface area contributed by atoms with Crippen LogP contribution >= 0.6 is 0 Å². The maximum Gasteiger partial charge on any atom is 0.164 e. The van der Waals surface area contributed by atoms with Crippen molar-refractivity contribution in [3.63, 3.8) is 0 Å². The average Bonchev–Trinajstić information content (AvgIpc) is 2.52. The van der Waals surface area contributed by atoms with Crippen molar-refractivity contribution >= 4 is 0 Å². The molecule has 2 nitrogen and oxygen atoms in total. The Morgan fingerprint density at radius 1 is 0.950 bits per heavy atom. The molecule has 0 amide bonds. The third kappa shape index (κ3) is 3.77. The van der Waals surface area contributed by atoms with Gasteiger partial charge in [-0.3, -0.25) is 0 Å². The van der Waals surface area contributed by atoms with Crippen LogP contribution in [0.25, 0.3) is 0 Å². The van der Waals surface area contributed by atoms with Crippen LogP contribution in [0.2, 0.25) is 0 Å². The number of aryl methyl sites for hydroxylation is 1. The fourth-order valence-electron chi connectivity index (χ4n) is 2.18. The molecule has 0 aromatic heterocycles. The van der Waals surface area contributed by atoms with E-state index in [9.17, 15) is 0 Å². The lowest BCUT2D eigenvalue weighted by molar-refractivity contribution is 0.281. The smallest absolute Gasteiger partial charge is 0.164 e. The Kier molecular flexibility index (Phi) is 5.48. The molecule has 0 aliphatic carbocycles. The maximum absolute atomic E-state index is 6.02. The van der Waals surface area contributed by atoms with E-state index in [1.807, 2.05) is 30.3 Å². The van der Waals surface area contributed by atoms with Gasteiger partial charge in [-0.05, 0) is 30.0 Å². The largest absolute Gasteiger partial charge is 0.493 e. The number of methoxy groups -OCH3 is 1. The summed E-state index contributed by atoms with van der Waals surface area (Å²) in [6.07, 6.45) is 3.36. The van der Waals surface area contributed by atoms with Crippen molar-refractivity contribution in [2.45, 2.75) is 32.8 Å². The van der Waals surface area contributed by atoms with E-state index in [1.165, 1.54) is 17.5 Å². The van der Waals surface area contributed by atoms with Crippen molar-refractivity contribution in [1.29, 1.82) is 0 Å². The SMILES string of the molecule is CCCCc1cccc(OC)c1OCc1ccccc1. The number of para-hydroxylation sites is 1. The Labute approximate surface area is 121 Å². The van der Waals surface area contributed by atoms with Crippen LogP contribution < -0.4 is 9.47 Å². The predicted molar refractivity (Wildman–Crippen MR) is 82.4 cm³/mol. The Balaban J connectivity index is 2.15. The quantitative estimate of drug-likeness (QED) is 0.731. The molecule has 20 heavy (non-hydrogen) atoms. The molecule has 2 aromatic carbocycles. The first kappa shape index (κ1) is 14.4. The highest BCUT2D eigenvalue weighted by Crippen LogP contribution is 2.32. The second-order valence-corrected chi connectivity index (χ2v) is 4.83. The molecule has 0 heterocycles. The van der Waals surface area contributed by atoms with Crippen LogP contribution in [-0.4, -0.2) is 7.11 Å². The topological polar surface area (TPSA) is 18.5 Å². The zero-order valence-electron chi connectivity index (χ0n) is 12.3. The van der Waals surface area contributed by atoms with Crippen LogP contribution in [0.1, 0.15) is 30.9 Å². The van der Waals surface area contributed by atoms with Gasteiger partial charge in [0.25, 0.3) is 0 Å². The lowest BCUT2D eigenvalue weighted by Gasteiger charge is -2.15. The second-order valence-electron chi connectivity index (χ2n) is 4.83. The fraction of sp³-hybridized carbons (Fsp3) is 0.333. The van der Waals surface area contributed by atoms with Crippen LogP contribution in [0.15, 0.2) is 48.5 Å². The highest BCUT2D eigenvalue weighted by Gasteiger charge is 2.10. The Bertz CT molecular complexity index is 520. The van der Waals surface area contributed by atoms with Gasteiger partial charge in [-0.2, -0.15) is 0 Å². The first-order valence-electron chi connectivity index (χ1n) is 7.17. The van der Waals surface area contributed by atoms with E-state index in [0.717, 1.165) is 24.3 Å². The molecular formula is C18H22O2. The summed E-state index contributed by atoms with van der Waals surface area (Å²) in [4.78, 5) is 0. The molecule has 0 N–H and O–H groups in total. The lowest BCUT2D eigenvalue weighted by Crippen LogP contribution is -2.01. The van der Waals surface area contributed by atoms with Crippen LogP contribution in [0.4, 0.5) is 0 Å². The molecule has 106 valence electrons. The maximum atomic E-state index is 6.02. The molecule has 2 heteroatoms. The highest BCUT2D eigenvalue weighted by atomic mass is 16.5. The third-order valence-electron chi connectivity index (χ3n) is 3.31. The van der Waals surface area contributed by atoms with E-state index in [4.69, 9.17) is 9.47 Å². The minimum Gasteiger partial charge on any atom is -0.493 e. The highest BCUT2D eigenvalue weighted by molar-refractivity contribution is 5.46. The zero-order chi connectivity index (χ0) is 14.2. The Morgan fingerprint density at radius 2 is 1.75 bits per heavy atom. The van der Waals surface area contributed by atoms with Crippen LogP contribution in [0.5, 0.6) is 11.5 Å². The van der Waals surface area contributed by atoms with Crippen molar-refractivity contribution in [2.24, 2.45) is 0 Å². The van der Waals surface area contributed by atoms with Gasteiger partial charge >= 0.3 is 0 Å². The van der Waals surface area contributed by atoms with Gasteiger partial charge in [0.2, 0.25) is 0 Å². The monoisotopic (exact) mass is 270 g/mol. The van der Waals surface area contributed by atoms with Crippen molar-refractivity contribution in [1.82, 2.24) is 0 Å². The minimum absolute atomic E-state index is 0.570. The lowest BCUT2D eigenvalue weighted by atomic mass is 10.1. The number of benzene rings is 2. The first-order chi connectivity index (χ1) is 9.85. The summed E-state index contributed by atoms with van der Waals surface area (Å²) in [5.41, 5.74) is 2.39. The summed E-state index contributed by atoms with van der Waals surface area (Å²) < 4.78 is 11.4. The van der Waals surface area contributed by atoms with Crippen LogP contribution in [0, 0.1) is 0 Å². The zero-order valence-corrected chi connectivity index (χ0v) is 12.3. The van der Waals surface area contributed by atoms with E-state index in [-0.39, 0.29) is 0 Å². The van der Waals surface area contributed by atoms with Gasteiger partial charge in [0.1, 0.15) is 6.61 Å². The van der Waals surface area contributed by atoms with E-state index in [1.54, 1.807) is 7.11 Å². The van der Waals surface area contributed by atoms with E-state index < -0.39 is 0 Å². The molecule has 2 aromatic rings. The number of hydrogen-bond donors (Lipinski definition) is 0. The fourth-order valence-corrected chi connectivity index (χ4v) is 2.18. The average molecular weight is 270 g/mol. The van der Waals surface area contributed by atoms with Crippen molar-refractivity contribution in [2.75, 3.05) is 7.11 Å². The van der Waals surface area contributed by atoms with Gasteiger partial charge in [0.15, 0.2) is 11.5 Å². The third-order valence-corrected chi connectivity index (χ3v) is 3.31. The van der Waals surface area contributed by atoms with E-state index in [0.29, 0.717) is 6.61 Å². The van der Waals surface area contributed by atoms with Gasteiger partial charge in [-0.25, -0.2) is 0 Å². The minimum atomic E-state index is 0.570. The summed E-state index contributed by atoms with van der Waals surface area (Å²) in [7, 11) is 1.69. The predicted octanol–water partition coefficient (Wildman–Crippen LogP) is 4.62. The van der Waals surface area contributed by atoms with Crippen molar-refractivity contribution in [3.8, 4) is 11.5 Å². The molecule has 0 saturated carbocycles. The molecule has 0 bridgehead atoms. The molecule has 0 unspecified atom stereocenters. The van der Waals surface area contributed by atoms with Gasteiger partial charge in [-0.1, -0.05) is 55.8 Å². The molecule has 0 saturated heterocycles. The molecule has 0 aliphatic heterocycles. The summed E-state index contributed by atoms with van der Waals surface area (Å²) in [5.74, 6) is 1.70. The summed E-state index contributed by atoms with van der Waals surface area (Å²) >= 11 is 0. The number of rotatable bonds is 7. The van der Waals surface area contributed by atoms with E-state index in [2.05, 4.69) is 25.1 Å². The van der Waals surface area contributed by atoms with Gasteiger partial charge in [-0.15, -0.1) is 0 Å². The summed E-state index contributed by atoms with van der Waals surface area (Å²) in [5, 5.41) is 0. The normalized spacial score (nSPS) is 10.3. The first-order valence-corrected chi connectivity index (χ1v) is 7.17. The number of unbranched alkanes of at least 4 members (excludes halogenated alkanes) is 1. The van der Waals surface area contributed by atoms with Gasteiger partial charge in [0.05, 0.1) is 7.11 Å². The molecular weight excluding hydrogens is 248 g/mol. The second kappa shape index (κ2) is 7.59. The van der Waals surface area contributed by atoms with Crippen LogP contribution in [0.3, 0.4) is 0 Å². The van der Waals surface area contributed by atoms with E-state index >= 15 is 0 Å². The molecule has 2 rings (SSSR count). The van der Waals surface area contributed by atoms with Gasteiger partial charge < -0.3 is 9.47 Å². The molecule has 0 atom stereocenters. The molecule has 0 radical (unpaired) electrons. The number of hydrogen-bond acceptors (Lipinski definition) is 2. The molecule has 0 fully saturated rings. The summed E-state index contributed by atoms with van der Waals surface area (Å²) in [6, 6.07) is 16.3. The summed E-state index contributed by atoms with van der Waals surface area (Å²) in [6.45, 7) is 2.77. The van der Waals surface area contributed by atoms with Crippen molar-refractivity contribution in [3.05, 3.63) is 59.7 Å². The molecule has 0 spiro atoms. The standard InChI is InChI=1S/C18H22O2/c1-3-4-11-16-12-8-13-17(19-2)18(16)20-14-15-9-6-5-7-10-15/h5-10,12-13H,3-4,11,14H2,1-2H3. The van der Waals surface area contributed by atoms with Gasteiger partial charge in [0, 0.05) is 0 Å².